The van der Waals surface area contributed by atoms with Gasteiger partial charge in [0.05, 0.1) is 12.5 Å². The molecular formula is C15H29N5O3. The Morgan fingerprint density at radius 1 is 1.30 bits per heavy atom. The molecule has 1 aliphatic heterocycles. The third-order valence-electron chi connectivity index (χ3n) is 4.03. The van der Waals surface area contributed by atoms with Gasteiger partial charge in [-0.15, -0.1) is 0 Å². The van der Waals surface area contributed by atoms with Crippen LogP contribution in [0.3, 0.4) is 0 Å². The number of amides is 2. The van der Waals surface area contributed by atoms with Gasteiger partial charge in [-0.1, -0.05) is 0 Å². The minimum absolute atomic E-state index is 0.0214. The number of likely N-dealkylation sites (tertiary alicyclic amines) is 1. The molecule has 2 amide bonds. The van der Waals surface area contributed by atoms with Crippen molar-refractivity contribution in [2.75, 3.05) is 40.8 Å². The van der Waals surface area contributed by atoms with E-state index in [2.05, 4.69) is 20.9 Å². The van der Waals surface area contributed by atoms with E-state index in [1.165, 1.54) is 7.11 Å². The van der Waals surface area contributed by atoms with E-state index >= 15 is 0 Å². The molecule has 0 aromatic carbocycles. The fourth-order valence-corrected chi connectivity index (χ4v) is 2.45. The van der Waals surface area contributed by atoms with Crippen molar-refractivity contribution in [1.82, 2.24) is 20.9 Å². The zero-order valence-corrected chi connectivity index (χ0v) is 14.7. The average molecular weight is 327 g/mol. The second-order valence-corrected chi connectivity index (χ2v) is 6.26. The van der Waals surface area contributed by atoms with Gasteiger partial charge in [0.1, 0.15) is 0 Å². The van der Waals surface area contributed by atoms with E-state index < -0.39 is 5.41 Å². The summed E-state index contributed by atoms with van der Waals surface area (Å²) in [6.45, 7) is 5.55. The molecule has 8 nitrogen and oxygen atoms in total. The first-order chi connectivity index (χ1) is 10.8. The maximum atomic E-state index is 11.8. The van der Waals surface area contributed by atoms with E-state index in [9.17, 15) is 9.59 Å². The van der Waals surface area contributed by atoms with Crippen LogP contribution in [0.1, 0.15) is 26.7 Å². The second-order valence-electron chi connectivity index (χ2n) is 6.26. The van der Waals surface area contributed by atoms with E-state index in [-0.39, 0.29) is 18.0 Å². The first-order valence-corrected chi connectivity index (χ1v) is 7.86. The van der Waals surface area contributed by atoms with Crippen molar-refractivity contribution in [2.45, 2.75) is 32.7 Å². The molecule has 0 unspecified atom stereocenters. The predicted octanol–water partition coefficient (Wildman–Crippen LogP) is 0.154. The summed E-state index contributed by atoms with van der Waals surface area (Å²) in [6.07, 6.45) is 1.38. The first-order valence-electron chi connectivity index (χ1n) is 7.86. The maximum Gasteiger partial charge on any atom is 0.409 e. The summed E-state index contributed by atoms with van der Waals surface area (Å²) in [5.41, 5.74) is -0.527. The van der Waals surface area contributed by atoms with E-state index in [4.69, 9.17) is 4.74 Å². The zero-order chi connectivity index (χ0) is 17.5. The summed E-state index contributed by atoms with van der Waals surface area (Å²) in [7, 11) is 4.73. The van der Waals surface area contributed by atoms with Gasteiger partial charge < -0.3 is 25.6 Å². The number of piperidine rings is 1. The minimum atomic E-state index is -0.527. The van der Waals surface area contributed by atoms with Gasteiger partial charge in [-0.25, -0.2) is 4.79 Å². The van der Waals surface area contributed by atoms with Gasteiger partial charge in [0, 0.05) is 39.8 Å². The number of rotatable bonds is 4. The average Bonchev–Trinajstić information content (AvgIpc) is 2.57. The number of carbonyl (C=O) groups excluding carboxylic acids is 2. The highest BCUT2D eigenvalue weighted by atomic mass is 16.5. The molecule has 0 atom stereocenters. The smallest absolute Gasteiger partial charge is 0.409 e. The quantitative estimate of drug-likeness (QED) is 0.505. The molecule has 0 radical (unpaired) electrons. The summed E-state index contributed by atoms with van der Waals surface area (Å²) < 4.78 is 4.73. The van der Waals surface area contributed by atoms with Crippen LogP contribution in [0.15, 0.2) is 4.99 Å². The van der Waals surface area contributed by atoms with Crippen LogP contribution in [-0.4, -0.2) is 69.7 Å². The van der Waals surface area contributed by atoms with Gasteiger partial charge in [-0.2, -0.15) is 0 Å². The molecule has 0 bridgehead atoms. The number of methoxy groups -OCH3 is 1. The monoisotopic (exact) mass is 327 g/mol. The number of hydrogen-bond acceptors (Lipinski definition) is 4. The molecule has 3 N–H and O–H groups in total. The summed E-state index contributed by atoms with van der Waals surface area (Å²) >= 11 is 0. The lowest BCUT2D eigenvalue weighted by molar-refractivity contribution is -0.128. The molecule has 132 valence electrons. The summed E-state index contributed by atoms with van der Waals surface area (Å²) in [5.74, 6) is 0.644. The van der Waals surface area contributed by atoms with Gasteiger partial charge in [0.25, 0.3) is 0 Å². The van der Waals surface area contributed by atoms with Crippen molar-refractivity contribution in [3.63, 3.8) is 0 Å². The lowest BCUT2D eigenvalue weighted by atomic mass is 9.92. The van der Waals surface area contributed by atoms with Crippen molar-refractivity contribution in [3.05, 3.63) is 0 Å². The van der Waals surface area contributed by atoms with Gasteiger partial charge >= 0.3 is 6.09 Å². The highest BCUT2D eigenvalue weighted by molar-refractivity contribution is 5.84. The van der Waals surface area contributed by atoms with Crippen molar-refractivity contribution >= 4 is 18.0 Å². The Bertz CT molecular complexity index is 442. The Labute approximate surface area is 138 Å². The van der Waals surface area contributed by atoms with Crippen LogP contribution in [0.2, 0.25) is 0 Å². The van der Waals surface area contributed by atoms with Gasteiger partial charge in [-0.05, 0) is 26.7 Å². The van der Waals surface area contributed by atoms with Crippen LogP contribution in [0.25, 0.3) is 0 Å². The molecule has 1 rings (SSSR count). The molecule has 23 heavy (non-hydrogen) atoms. The number of hydrogen-bond donors (Lipinski definition) is 3. The van der Waals surface area contributed by atoms with E-state index in [0.29, 0.717) is 25.6 Å². The van der Waals surface area contributed by atoms with Crippen LogP contribution in [0.5, 0.6) is 0 Å². The first kappa shape index (κ1) is 19.1. The van der Waals surface area contributed by atoms with Crippen molar-refractivity contribution in [1.29, 1.82) is 0 Å². The Morgan fingerprint density at radius 2 is 1.91 bits per heavy atom. The van der Waals surface area contributed by atoms with Crippen molar-refractivity contribution < 1.29 is 14.3 Å². The molecule has 0 aromatic rings. The number of aliphatic imine (C=N–C) groups is 1. The number of ether oxygens (including phenoxy) is 1. The molecule has 0 spiro atoms. The molecule has 1 saturated heterocycles. The van der Waals surface area contributed by atoms with Gasteiger partial charge in [0.2, 0.25) is 5.91 Å². The zero-order valence-electron chi connectivity index (χ0n) is 14.7. The SMILES string of the molecule is CN=C(NCC(C)(C)C(=O)NC)NC1CCN(C(=O)OC)CC1. The lowest BCUT2D eigenvalue weighted by Gasteiger charge is -2.32. The van der Waals surface area contributed by atoms with Crippen LogP contribution in [0, 0.1) is 5.41 Å². The molecular weight excluding hydrogens is 298 g/mol. The lowest BCUT2D eigenvalue weighted by Crippen LogP contribution is -2.52. The fourth-order valence-electron chi connectivity index (χ4n) is 2.45. The maximum absolute atomic E-state index is 11.8. The number of nitrogens with one attached hydrogen (secondary N) is 3. The van der Waals surface area contributed by atoms with E-state index in [0.717, 1.165) is 12.8 Å². The molecule has 1 fully saturated rings. The Morgan fingerprint density at radius 3 is 2.39 bits per heavy atom. The van der Waals surface area contributed by atoms with Crippen LogP contribution in [-0.2, 0) is 9.53 Å². The number of carbonyl (C=O) groups is 2. The molecule has 1 heterocycles. The van der Waals surface area contributed by atoms with Crippen molar-refractivity contribution in [3.8, 4) is 0 Å². The van der Waals surface area contributed by atoms with E-state index in [1.54, 1.807) is 19.0 Å². The summed E-state index contributed by atoms with van der Waals surface area (Å²) in [5, 5.41) is 9.19. The van der Waals surface area contributed by atoms with E-state index in [1.807, 2.05) is 13.8 Å². The van der Waals surface area contributed by atoms with Crippen LogP contribution >= 0.6 is 0 Å². The number of nitrogens with zero attached hydrogens (tertiary/aromatic N) is 2. The Kier molecular flexibility index (Phi) is 7.12. The highest BCUT2D eigenvalue weighted by Crippen LogP contribution is 2.14. The van der Waals surface area contributed by atoms with Crippen LogP contribution in [0.4, 0.5) is 4.79 Å². The van der Waals surface area contributed by atoms with Crippen LogP contribution < -0.4 is 16.0 Å². The topological polar surface area (TPSA) is 95.1 Å². The standard InChI is InChI=1S/C15H29N5O3/c1-15(2,12(21)16-3)10-18-13(17-4)19-11-6-8-20(9-7-11)14(22)23-5/h11H,6-10H2,1-5H3,(H,16,21)(H2,17,18,19). The third kappa shape index (κ3) is 5.61. The summed E-state index contributed by atoms with van der Waals surface area (Å²) in [6, 6.07) is 0.241. The Hall–Kier alpha value is -1.99. The predicted molar refractivity (Wildman–Crippen MR) is 89.3 cm³/mol. The molecule has 0 aromatic heterocycles. The Balaban J connectivity index is 2.44. The number of guanidine groups is 1. The summed E-state index contributed by atoms with van der Waals surface area (Å²) in [4.78, 5) is 29.2. The third-order valence-corrected chi connectivity index (χ3v) is 4.03. The largest absolute Gasteiger partial charge is 0.453 e. The molecule has 0 saturated carbocycles. The molecule has 0 aliphatic carbocycles. The van der Waals surface area contributed by atoms with Crippen molar-refractivity contribution in [2.24, 2.45) is 10.4 Å². The fraction of sp³-hybridized carbons (Fsp3) is 0.800. The highest BCUT2D eigenvalue weighted by Gasteiger charge is 2.28. The molecule has 1 aliphatic rings. The van der Waals surface area contributed by atoms with Gasteiger partial charge in [0.15, 0.2) is 5.96 Å². The minimum Gasteiger partial charge on any atom is -0.453 e. The van der Waals surface area contributed by atoms with Gasteiger partial charge in [-0.3, -0.25) is 9.79 Å². The normalized spacial score (nSPS) is 16.7. The molecule has 8 heteroatoms. The second kappa shape index (κ2) is 8.59.